The zero-order chi connectivity index (χ0) is 16.9. The number of likely N-dealkylation sites (tertiary alicyclic amines) is 1. The molecule has 0 bridgehead atoms. The van der Waals surface area contributed by atoms with Crippen LogP contribution in [0.25, 0.3) is 0 Å². The van der Waals surface area contributed by atoms with Crippen LogP contribution in [0.15, 0.2) is 53.1 Å². The van der Waals surface area contributed by atoms with Gasteiger partial charge in [0.2, 0.25) is 17.7 Å². The first-order valence-electron chi connectivity index (χ1n) is 7.80. The standard InChI is InChI=1S/C18H18N2O4/c21-16(19-11-15-7-4-8-24-15)12-20-17(22)10-14(18(20)23)9-13-5-2-1-3-6-13/h1-8,14H,9-12H2,(H,19,21). The maximum absolute atomic E-state index is 12.4. The van der Waals surface area contributed by atoms with Gasteiger partial charge in [-0.3, -0.25) is 19.3 Å². The monoisotopic (exact) mass is 326 g/mol. The Balaban J connectivity index is 1.55. The van der Waals surface area contributed by atoms with Gasteiger partial charge in [0, 0.05) is 6.42 Å². The summed E-state index contributed by atoms with van der Waals surface area (Å²) >= 11 is 0. The molecule has 6 heteroatoms. The molecule has 0 radical (unpaired) electrons. The van der Waals surface area contributed by atoms with Gasteiger partial charge in [0.1, 0.15) is 12.3 Å². The van der Waals surface area contributed by atoms with Gasteiger partial charge < -0.3 is 9.73 Å². The number of hydrogen-bond acceptors (Lipinski definition) is 4. The molecular formula is C18H18N2O4. The van der Waals surface area contributed by atoms with Crippen molar-refractivity contribution in [3.8, 4) is 0 Å². The van der Waals surface area contributed by atoms with Crippen LogP contribution < -0.4 is 5.32 Å². The summed E-state index contributed by atoms with van der Waals surface area (Å²) in [6.07, 6.45) is 2.18. The maximum atomic E-state index is 12.4. The molecule has 1 N–H and O–H groups in total. The lowest BCUT2D eigenvalue weighted by Gasteiger charge is -2.14. The van der Waals surface area contributed by atoms with Gasteiger partial charge in [-0.25, -0.2) is 0 Å². The van der Waals surface area contributed by atoms with Crippen LogP contribution in [0.4, 0.5) is 0 Å². The topological polar surface area (TPSA) is 79.6 Å². The number of nitrogens with zero attached hydrogens (tertiary/aromatic N) is 1. The fourth-order valence-corrected chi connectivity index (χ4v) is 2.77. The summed E-state index contributed by atoms with van der Waals surface area (Å²) in [6, 6.07) is 13.0. The predicted octanol–water partition coefficient (Wildman–Crippen LogP) is 1.51. The minimum absolute atomic E-state index is 0.152. The number of benzene rings is 1. The van der Waals surface area contributed by atoms with Gasteiger partial charge in [0.05, 0.1) is 18.7 Å². The molecule has 0 spiro atoms. The second-order valence-electron chi connectivity index (χ2n) is 5.76. The van der Waals surface area contributed by atoms with Gasteiger partial charge in [-0.15, -0.1) is 0 Å². The van der Waals surface area contributed by atoms with Gasteiger partial charge in [-0.1, -0.05) is 30.3 Å². The van der Waals surface area contributed by atoms with Crippen LogP contribution in [0.1, 0.15) is 17.7 Å². The molecule has 0 saturated carbocycles. The quantitative estimate of drug-likeness (QED) is 0.816. The smallest absolute Gasteiger partial charge is 0.240 e. The Bertz CT molecular complexity index is 725. The van der Waals surface area contributed by atoms with Crippen LogP contribution in [0.3, 0.4) is 0 Å². The van der Waals surface area contributed by atoms with Crippen LogP contribution in [0, 0.1) is 5.92 Å². The van der Waals surface area contributed by atoms with Crippen molar-refractivity contribution in [1.29, 1.82) is 0 Å². The lowest BCUT2D eigenvalue weighted by molar-refractivity contribution is -0.143. The number of hydrogen-bond donors (Lipinski definition) is 1. The summed E-state index contributed by atoms with van der Waals surface area (Å²) in [5.41, 5.74) is 1.01. The lowest BCUT2D eigenvalue weighted by Crippen LogP contribution is -2.40. The Morgan fingerprint density at radius 3 is 2.67 bits per heavy atom. The Labute approximate surface area is 139 Å². The number of furan rings is 1. The molecule has 0 aliphatic carbocycles. The van der Waals surface area contributed by atoms with Crippen molar-refractivity contribution in [3.63, 3.8) is 0 Å². The Morgan fingerprint density at radius 1 is 1.17 bits per heavy atom. The van der Waals surface area contributed by atoms with Gasteiger partial charge in [0.25, 0.3) is 0 Å². The first-order chi connectivity index (χ1) is 11.6. The van der Waals surface area contributed by atoms with Crippen LogP contribution in [0.2, 0.25) is 0 Å². The van der Waals surface area contributed by atoms with E-state index in [9.17, 15) is 14.4 Å². The predicted molar refractivity (Wildman–Crippen MR) is 85.5 cm³/mol. The SMILES string of the molecule is O=C(CN1C(=O)CC(Cc2ccccc2)C1=O)NCc1ccco1. The van der Waals surface area contributed by atoms with Gasteiger partial charge in [0.15, 0.2) is 0 Å². The molecule has 124 valence electrons. The number of carbonyl (C=O) groups excluding carboxylic acids is 3. The fourth-order valence-electron chi connectivity index (χ4n) is 2.77. The van der Waals surface area contributed by atoms with Crippen molar-refractivity contribution in [2.45, 2.75) is 19.4 Å². The summed E-state index contributed by atoms with van der Waals surface area (Å²) in [7, 11) is 0. The number of rotatable bonds is 6. The molecular weight excluding hydrogens is 308 g/mol. The number of carbonyl (C=O) groups is 3. The highest BCUT2D eigenvalue weighted by atomic mass is 16.3. The Morgan fingerprint density at radius 2 is 1.96 bits per heavy atom. The van der Waals surface area contributed by atoms with Gasteiger partial charge >= 0.3 is 0 Å². The van der Waals surface area contributed by atoms with Crippen molar-refractivity contribution >= 4 is 17.7 Å². The van der Waals surface area contributed by atoms with E-state index in [0.29, 0.717) is 12.2 Å². The first-order valence-corrected chi connectivity index (χ1v) is 7.80. The van der Waals surface area contributed by atoms with Crippen molar-refractivity contribution < 1.29 is 18.8 Å². The largest absolute Gasteiger partial charge is 0.467 e. The summed E-state index contributed by atoms with van der Waals surface area (Å²) in [5.74, 6) is -0.735. The molecule has 2 heterocycles. The van der Waals surface area contributed by atoms with E-state index in [1.165, 1.54) is 6.26 Å². The van der Waals surface area contributed by atoms with E-state index in [0.717, 1.165) is 10.5 Å². The summed E-state index contributed by atoms with van der Waals surface area (Å²) in [6.45, 7) is -0.0147. The van der Waals surface area contributed by atoms with Gasteiger partial charge in [-0.05, 0) is 24.1 Å². The van der Waals surface area contributed by atoms with E-state index >= 15 is 0 Å². The summed E-state index contributed by atoms with van der Waals surface area (Å²) in [4.78, 5) is 37.5. The van der Waals surface area contributed by atoms with E-state index in [1.54, 1.807) is 12.1 Å². The van der Waals surface area contributed by atoms with Gasteiger partial charge in [-0.2, -0.15) is 0 Å². The molecule has 2 aromatic rings. The third-order valence-electron chi connectivity index (χ3n) is 4.00. The molecule has 1 fully saturated rings. The third-order valence-corrected chi connectivity index (χ3v) is 4.00. The molecule has 6 nitrogen and oxygen atoms in total. The molecule has 1 saturated heterocycles. The fraction of sp³-hybridized carbons (Fsp3) is 0.278. The third kappa shape index (κ3) is 3.71. The number of imide groups is 1. The van der Waals surface area contributed by atoms with Crippen LogP contribution >= 0.6 is 0 Å². The van der Waals surface area contributed by atoms with Crippen LogP contribution in [0.5, 0.6) is 0 Å². The summed E-state index contributed by atoms with van der Waals surface area (Å²) in [5, 5.41) is 2.64. The van der Waals surface area contributed by atoms with Crippen molar-refractivity contribution in [1.82, 2.24) is 10.2 Å². The molecule has 3 amide bonds. The highest BCUT2D eigenvalue weighted by Gasteiger charge is 2.39. The van der Waals surface area contributed by atoms with Crippen molar-refractivity contribution in [3.05, 3.63) is 60.1 Å². The minimum atomic E-state index is -0.391. The maximum Gasteiger partial charge on any atom is 0.240 e. The molecule has 1 aliphatic rings. The highest BCUT2D eigenvalue weighted by Crippen LogP contribution is 2.23. The zero-order valence-electron chi connectivity index (χ0n) is 13.1. The molecule has 3 rings (SSSR count). The first kappa shape index (κ1) is 16.0. The highest BCUT2D eigenvalue weighted by molar-refractivity contribution is 6.06. The van der Waals surface area contributed by atoms with Crippen molar-refractivity contribution in [2.24, 2.45) is 5.92 Å². The van der Waals surface area contributed by atoms with E-state index in [4.69, 9.17) is 4.42 Å². The second kappa shape index (κ2) is 7.12. The zero-order valence-corrected chi connectivity index (χ0v) is 13.1. The summed E-state index contributed by atoms with van der Waals surface area (Å²) < 4.78 is 5.12. The number of amides is 3. The average molecular weight is 326 g/mol. The van der Waals surface area contributed by atoms with E-state index in [-0.39, 0.29) is 37.2 Å². The minimum Gasteiger partial charge on any atom is -0.467 e. The van der Waals surface area contributed by atoms with Crippen LogP contribution in [-0.2, 0) is 27.3 Å². The molecule has 1 aromatic carbocycles. The van der Waals surface area contributed by atoms with E-state index in [2.05, 4.69) is 5.32 Å². The van der Waals surface area contributed by atoms with E-state index < -0.39 is 5.92 Å². The molecule has 1 unspecified atom stereocenters. The van der Waals surface area contributed by atoms with E-state index in [1.807, 2.05) is 30.3 Å². The Kier molecular flexibility index (Phi) is 4.74. The van der Waals surface area contributed by atoms with Crippen LogP contribution in [-0.4, -0.2) is 29.2 Å². The average Bonchev–Trinajstić information content (AvgIpc) is 3.18. The molecule has 1 aromatic heterocycles. The molecule has 1 atom stereocenters. The Hall–Kier alpha value is -2.89. The normalized spacial score (nSPS) is 17.3. The molecule has 1 aliphatic heterocycles. The van der Waals surface area contributed by atoms with Crippen molar-refractivity contribution in [2.75, 3.05) is 6.54 Å². The number of nitrogens with one attached hydrogen (secondary N) is 1. The molecule has 24 heavy (non-hydrogen) atoms. The lowest BCUT2D eigenvalue weighted by atomic mass is 9.98. The second-order valence-corrected chi connectivity index (χ2v) is 5.76.